The average molecular weight is 347 g/mol. The molecule has 0 atom stereocenters. The van der Waals surface area contributed by atoms with E-state index in [-0.39, 0.29) is 0 Å². The molecule has 0 saturated carbocycles. The zero-order valence-electron chi connectivity index (χ0n) is 13.8. The van der Waals surface area contributed by atoms with E-state index in [4.69, 9.17) is 9.72 Å². The number of methoxy groups -OCH3 is 1. The maximum absolute atomic E-state index is 5.25. The Kier molecular flexibility index (Phi) is 3.28. The van der Waals surface area contributed by atoms with Gasteiger partial charge < -0.3 is 10.1 Å². The van der Waals surface area contributed by atoms with E-state index in [1.807, 2.05) is 12.1 Å². The number of nitrogens with zero attached hydrogens (tertiary/aromatic N) is 2. The molecule has 4 nitrogen and oxygen atoms in total. The van der Waals surface area contributed by atoms with Crippen LogP contribution < -0.4 is 10.1 Å². The van der Waals surface area contributed by atoms with Gasteiger partial charge in [-0.15, -0.1) is 11.3 Å². The molecule has 0 bridgehead atoms. The second-order valence-electron chi connectivity index (χ2n) is 6.18. The van der Waals surface area contributed by atoms with Crippen LogP contribution in [0.25, 0.3) is 27.5 Å². The molecule has 25 heavy (non-hydrogen) atoms. The molecule has 5 rings (SSSR count). The van der Waals surface area contributed by atoms with Crippen LogP contribution in [0.5, 0.6) is 5.75 Å². The summed E-state index contributed by atoms with van der Waals surface area (Å²) in [6.07, 6.45) is 3.22. The molecule has 1 aliphatic heterocycles. The van der Waals surface area contributed by atoms with Crippen LogP contribution in [0.2, 0.25) is 0 Å². The number of fused-ring (bicyclic) bond motifs is 2. The number of ether oxygens (including phenoxy) is 1. The minimum absolute atomic E-state index is 0.869. The van der Waals surface area contributed by atoms with Crippen LogP contribution in [0, 0.1) is 0 Å². The van der Waals surface area contributed by atoms with Crippen molar-refractivity contribution in [1.29, 1.82) is 0 Å². The predicted molar refractivity (Wildman–Crippen MR) is 103 cm³/mol. The lowest BCUT2D eigenvalue weighted by Crippen LogP contribution is -1.90. The fraction of sp³-hybridized carbons (Fsp3) is 0.150. The summed E-state index contributed by atoms with van der Waals surface area (Å²) in [4.78, 5) is 5.84. The Labute approximate surface area is 149 Å². The number of hydrogen-bond acceptors (Lipinski definition) is 4. The van der Waals surface area contributed by atoms with Crippen LogP contribution in [0.3, 0.4) is 0 Å². The minimum Gasteiger partial charge on any atom is -0.497 e. The summed E-state index contributed by atoms with van der Waals surface area (Å²) in [7, 11) is 1.69. The van der Waals surface area contributed by atoms with Crippen molar-refractivity contribution >= 4 is 22.0 Å². The van der Waals surface area contributed by atoms with Crippen molar-refractivity contribution in [1.82, 2.24) is 9.38 Å². The Morgan fingerprint density at radius 2 is 1.96 bits per heavy atom. The zero-order valence-corrected chi connectivity index (χ0v) is 14.6. The van der Waals surface area contributed by atoms with Crippen molar-refractivity contribution in [3.63, 3.8) is 0 Å². The van der Waals surface area contributed by atoms with Gasteiger partial charge in [0.05, 0.1) is 18.5 Å². The van der Waals surface area contributed by atoms with Crippen molar-refractivity contribution in [3.05, 3.63) is 59.6 Å². The molecule has 3 heterocycles. The van der Waals surface area contributed by atoms with Gasteiger partial charge in [-0.25, -0.2) is 4.98 Å². The lowest BCUT2D eigenvalue weighted by atomic mass is 10.1. The molecule has 124 valence electrons. The molecule has 0 fully saturated rings. The first kappa shape index (κ1) is 14.5. The van der Waals surface area contributed by atoms with Gasteiger partial charge in [0.1, 0.15) is 5.75 Å². The van der Waals surface area contributed by atoms with Crippen molar-refractivity contribution < 1.29 is 4.74 Å². The lowest BCUT2D eigenvalue weighted by molar-refractivity contribution is 0.415. The van der Waals surface area contributed by atoms with Gasteiger partial charge in [0.25, 0.3) is 0 Å². The maximum atomic E-state index is 5.25. The number of imidazole rings is 1. The summed E-state index contributed by atoms with van der Waals surface area (Å²) in [5, 5.41) is 5.56. The van der Waals surface area contributed by atoms with E-state index in [9.17, 15) is 0 Å². The van der Waals surface area contributed by atoms with Gasteiger partial charge in [0.15, 0.2) is 4.96 Å². The second kappa shape index (κ2) is 5.63. The van der Waals surface area contributed by atoms with E-state index in [0.717, 1.165) is 40.6 Å². The first-order valence-electron chi connectivity index (χ1n) is 8.30. The van der Waals surface area contributed by atoms with Gasteiger partial charge in [0.2, 0.25) is 0 Å². The van der Waals surface area contributed by atoms with Crippen LogP contribution in [0.4, 0.5) is 5.69 Å². The van der Waals surface area contributed by atoms with Crippen molar-refractivity contribution in [3.8, 4) is 28.3 Å². The maximum Gasteiger partial charge on any atom is 0.194 e. The Morgan fingerprint density at radius 1 is 1.12 bits per heavy atom. The molecule has 0 saturated heterocycles. The van der Waals surface area contributed by atoms with Crippen LogP contribution in [-0.2, 0) is 6.42 Å². The summed E-state index contributed by atoms with van der Waals surface area (Å²) in [6, 6.07) is 14.7. The lowest BCUT2D eigenvalue weighted by Gasteiger charge is -2.03. The van der Waals surface area contributed by atoms with Gasteiger partial charge in [-0.3, -0.25) is 4.40 Å². The highest BCUT2D eigenvalue weighted by Gasteiger charge is 2.14. The fourth-order valence-corrected chi connectivity index (χ4v) is 4.24. The Morgan fingerprint density at radius 3 is 2.80 bits per heavy atom. The fourth-order valence-electron chi connectivity index (χ4n) is 3.36. The molecular weight excluding hydrogens is 330 g/mol. The Hall–Kier alpha value is -2.79. The molecular formula is C20H17N3OS. The van der Waals surface area contributed by atoms with Crippen LogP contribution in [0.15, 0.2) is 54.0 Å². The largest absolute Gasteiger partial charge is 0.497 e. The van der Waals surface area contributed by atoms with E-state index in [1.54, 1.807) is 18.4 Å². The number of benzene rings is 2. The monoisotopic (exact) mass is 347 g/mol. The van der Waals surface area contributed by atoms with E-state index in [1.165, 1.54) is 16.8 Å². The van der Waals surface area contributed by atoms with E-state index >= 15 is 0 Å². The van der Waals surface area contributed by atoms with Gasteiger partial charge in [-0.2, -0.15) is 0 Å². The van der Waals surface area contributed by atoms with Crippen LogP contribution in [0.1, 0.15) is 5.56 Å². The normalized spacial score (nSPS) is 13.0. The van der Waals surface area contributed by atoms with Crippen LogP contribution >= 0.6 is 11.3 Å². The number of nitrogens with one attached hydrogen (secondary N) is 1. The summed E-state index contributed by atoms with van der Waals surface area (Å²) in [5.41, 5.74) is 7.15. The Bertz CT molecular complexity index is 1060. The smallest absolute Gasteiger partial charge is 0.194 e. The highest BCUT2D eigenvalue weighted by molar-refractivity contribution is 7.15. The first-order chi connectivity index (χ1) is 12.3. The molecule has 0 amide bonds. The molecule has 2 aromatic carbocycles. The predicted octanol–water partition coefficient (Wildman–Crippen LogP) is 4.71. The average Bonchev–Trinajstić information content (AvgIpc) is 3.36. The SMILES string of the molecule is COc1ccc(-c2csc3nc(-c4ccc5c(c4)CCN5)cn23)cc1. The van der Waals surface area contributed by atoms with E-state index < -0.39 is 0 Å². The number of aromatic nitrogens is 2. The summed E-state index contributed by atoms with van der Waals surface area (Å²) in [5.74, 6) is 0.869. The Balaban J connectivity index is 1.57. The van der Waals surface area contributed by atoms with Crippen molar-refractivity contribution in [2.45, 2.75) is 6.42 Å². The summed E-state index contributed by atoms with van der Waals surface area (Å²) < 4.78 is 7.42. The minimum atomic E-state index is 0.869. The zero-order chi connectivity index (χ0) is 16.8. The van der Waals surface area contributed by atoms with Gasteiger partial charge in [-0.1, -0.05) is 6.07 Å². The topological polar surface area (TPSA) is 38.6 Å². The number of anilines is 1. The van der Waals surface area contributed by atoms with E-state index in [0.29, 0.717) is 0 Å². The van der Waals surface area contributed by atoms with Gasteiger partial charge >= 0.3 is 0 Å². The van der Waals surface area contributed by atoms with Gasteiger partial charge in [0, 0.05) is 29.4 Å². The molecule has 4 aromatic rings. The molecule has 0 unspecified atom stereocenters. The highest BCUT2D eigenvalue weighted by atomic mass is 32.1. The molecule has 0 aliphatic carbocycles. The highest BCUT2D eigenvalue weighted by Crippen LogP contribution is 2.32. The third-order valence-corrected chi connectivity index (χ3v) is 5.55. The molecule has 0 spiro atoms. The standard InChI is InChI=1S/C20H17N3OS/c1-24-16-5-2-13(3-6-16)19-12-25-20-22-18(11-23(19)20)14-4-7-17-15(10-14)8-9-21-17/h2-7,10-12,21H,8-9H2,1H3. The van der Waals surface area contributed by atoms with Crippen LogP contribution in [-0.4, -0.2) is 23.0 Å². The number of hydrogen-bond donors (Lipinski definition) is 1. The quantitative estimate of drug-likeness (QED) is 0.583. The number of rotatable bonds is 3. The molecule has 0 radical (unpaired) electrons. The molecule has 1 aliphatic rings. The summed E-state index contributed by atoms with van der Waals surface area (Å²) in [6.45, 7) is 1.03. The van der Waals surface area contributed by atoms with Crippen molar-refractivity contribution in [2.75, 3.05) is 19.0 Å². The van der Waals surface area contributed by atoms with Gasteiger partial charge in [-0.05, 0) is 53.9 Å². The molecule has 1 N–H and O–H groups in total. The molecule has 2 aromatic heterocycles. The summed E-state index contributed by atoms with van der Waals surface area (Å²) >= 11 is 1.67. The number of thiazole rings is 1. The first-order valence-corrected chi connectivity index (χ1v) is 9.18. The second-order valence-corrected chi connectivity index (χ2v) is 7.01. The third-order valence-electron chi connectivity index (χ3n) is 4.71. The van der Waals surface area contributed by atoms with Crippen molar-refractivity contribution in [2.24, 2.45) is 0 Å². The van der Waals surface area contributed by atoms with E-state index in [2.05, 4.69) is 51.6 Å². The molecule has 5 heteroatoms. The third kappa shape index (κ3) is 2.39.